The van der Waals surface area contributed by atoms with Gasteiger partial charge >= 0.3 is 11.4 Å². The van der Waals surface area contributed by atoms with Crippen molar-refractivity contribution in [2.75, 3.05) is 0 Å². The quantitative estimate of drug-likeness (QED) is 0.380. The Morgan fingerprint density at radius 2 is 1.67 bits per heavy atom. The molecule has 1 aromatic carbocycles. The van der Waals surface area contributed by atoms with Gasteiger partial charge in [0.2, 0.25) is 0 Å². The third-order valence-corrected chi connectivity index (χ3v) is 11.7. The summed E-state index contributed by atoms with van der Waals surface area (Å²) in [5.41, 5.74) is 3.90. The molecule has 6 rings (SSSR count). The summed E-state index contributed by atoms with van der Waals surface area (Å²) in [6, 6.07) is 8.86. The Morgan fingerprint density at radius 3 is 2.38 bits per heavy atom. The van der Waals surface area contributed by atoms with Crippen LogP contribution < -0.4 is 11.4 Å². The van der Waals surface area contributed by atoms with Gasteiger partial charge in [0.15, 0.2) is 0 Å². The van der Waals surface area contributed by atoms with E-state index in [0.29, 0.717) is 41.7 Å². The molecule has 226 valence electrons. The first-order valence-electron chi connectivity index (χ1n) is 16.3. The Morgan fingerprint density at radius 1 is 0.952 bits per heavy atom. The second-order valence-electron chi connectivity index (χ2n) is 14.4. The Bertz CT molecular complexity index is 1540. The summed E-state index contributed by atoms with van der Waals surface area (Å²) in [7, 11) is 0. The molecule has 8 atom stereocenters. The van der Waals surface area contributed by atoms with Crippen molar-refractivity contribution in [3.8, 4) is 5.69 Å². The highest BCUT2D eigenvalue weighted by Gasteiger charge is 2.55. The van der Waals surface area contributed by atoms with Crippen LogP contribution in [-0.2, 0) is 0 Å². The Hall–Kier alpha value is -2.86. The third-order valence-electron chi connectivity index (χ3n) is 11.7. The SMILES string of the molecule is CC1=C(C2C=C3C(CCC4(C)C3CCC4C(C)/C=C/C(C)C(C)C)n3c(=O)n(-c4ccccc4)c(=O)n32)CC(O)CC1. The van der Waals surface area contributed by atoms with Gasteiger partial charge in [0.05, 0.1) is 23.9 Å². The summed E-state index contributed by atoms with van der Waals surface area (Å²) in [5.74, 6) is 2.67. The van der Waals surface area contributed by atoms with Gasteiger partial charge in [-0.1, -0.05) is 76.6 Å². The van der Waals surface area contributed by atoms with Crippen molar-refractivity contribution in [2.24, 2.45) is 35.0 Å². The number of nitrogens with zero attached hydrogens (tertiary/aromatic N) is 3. The van der Waals surface area contributed by atoms with Crippen molar-refractivity contribution < 1.29 is 5.11 Å². The smallest absolute Gasteiger partial charge is 0.352 e. The van der Waals surface area contributed by atoms with Crippen LogP contribution in [0, 0.1) is 35.0 Å². The zero-order chi connectivity index (χ0) is 29.9. The fourth-order valence-corrected chi connectivity index (χ4v) is 8.83. The van der Waals surface area contributed by atoms with E-state index in [9.17, 15) is 14.7 Å². The fourth-order valence-electron chi connectivity index (χ4n) is 8.83. The number of hydrogen-bond donors (Lipinski definition) is 1. The minimum Gasteiger partial charge on any atom is -0.393 e. The van der Waals surface area contributed by atoms with E-state index in [1.54, 1.807) is 9.36 Å². The molecular formula is C36H49N3O3. The van der Waals surface area contributed by atoms with Gasteiger partial charge in [-0.2, -0.15) is 0 Å². The number of para-hydroxylation sites is 1. The van der Waals surface area contributed by atoms with Gasteiger partial charge in [-0.3, -0.25) is 0 Å². The minimum atomic E-state index is -0.416. The number of allylic oxidation sites excluding steroid dienone is 5. The van der Waals surface area contributed by atoms with Crippen molar-refractivity contribution in [2.45, 2.75) is 105 Å². The number of aliphatic hydroxyl groups is 1. The van der Waals surface area contributed by atoms with Gasteiger partial charge in [0, 0.05) is 0 Å². The van der Waals surface area contributed by atoms with E-state index < -0.39 is 6.10 Å². The first kappa shape index (κ1) is 29.2. The number of aromatic nitrogens is 3. The highest BCUT2D eigenvalue weighted by Crippen LogP contribution is 2.62. The molecule has 0 saturated heterocycles. The van der Waals surface area contributed by atoms with Crippen LogP contribution in [0.2, 0.25) is 0 Å². The average molecular weight is 572 g/mol. The molecule has 6 heteroatoms. The Labute approximate surface area is 250 Å². The van der Waals surface area contributed by atoms with Crippen LogP contribution >= 0.6 is 0 Å². The van der Waals surface area contributed by atoms with Crippen LogP contribution in [0.1, 0.15) is 98.6 Å². The molecule has 1 aromatic heterocycles. The summed E-state index contributed by atoms with van der Waals surface area (Å²) in [6.45, 7) is 13.9. The van der Waals surface area contributed by atoms with Crippen LogP contribution in [0.15, 0.2) is 74.9 Å². The number of hydrogen-bond acceptors (Lipinski definition) is 3. The molecule has 0 amide bonds. The first-order chi connectivity index (χ1) is 20.0. The van der Waals surface area contributed by atoms with Crippen LogP contribution in [0.3, 0.4) is 0 Å². The highest BCUT2D eigenvalue weighted by atomic mass is 16.3. The molecule has 1 N–H and O–H groups in total. The summed E-state index contributed by atoms with van der Waals surface area (Å²) in [4.78, 5) is 28.4. The van der Waals surface area contributed by atoms with Crippen molar-refractivity contribution in [1.29, 1.82) is 0 Å². The van der Waals surface area contributed by atoms with Crippen LogP contribution in [0.25, 0.3) is 5.69 Å². The minimum absolute atomic E-state index is 0.107. The van der Waals surface area contributed by atoms with Crippen molar-refractivity contribution in [3.63, 3.8) is 0 Å². The van der Waals surface area contributed by atoms with E-state index >= 15 is 0 Å². The maximum absolute atomic E-state index is 14.2. The first-order valence-corrected chi connectivity index (χ1v) is 16.3. The third kappa shape index (κ3) is 4.65. The lowest BCUT2D eigenvalue weighted by Gasteiger charge is -2.49. The van der Waals surface area contributed by atoms with E-state index in [2.05, 4.69) is 59.8 Å². The highest BCUT2D eigenvalue weighted by molar-refractivity contribution is 5.36. The lowest BCUT2D eigenvalue weighted by atomic mass is 9.59. The summed E-state index contributed by atoms with van der Waals surface area (Å²) < 4.78 is 4.89. The average Bonchev–Trinajstić information content (AvgIpc) is 3.46. The number of benzene rings is 1. The molecule has 3 aliphatic carbocycles. The van der Waals surface area contributed by atoms with Crippen LogP contribution in [0.5, 0.6) is 0 Å². The summed E-state index contributed by atoms with van der Waals surface area (Å²) in [5, 5.41) is 10.7. The Kier molecular flexibility index (Phi) is 7.66. The topological polar surface area (TPSA) is 69.2 Å². The number of fused-ring (bicyclic) bond motifs is 5. The Balaban J connectivity index is 1.45. The largest absolute Gasteiger partial charge is 0.393 e. The molecule has 8 unspecified atom stereocenters. The monoisotopic (exact) mass is 571 g/mol. The van der Waals surface area contributed by atoms with Crippen LogP contribution in [0.4, 0.5) is 0 Å². The molecule has 0 spiro atoms. The summed E-state index contributed by atoms with van der Waals surface area (Å²) >= 11 is 0. The van der Waals surface area contributed by atoms with E-state index in [1.165, 1.54) is 22.1 Å². The predicted molar refractivity (Wildman–Crippen MR) is 169 cm³/mol. The molecule has 2 fully saturated rings. The lowest BCUT2D eigenvalue weighted by Crippen LogP contribution is -2.46. The van der Waals surface area contributed by atoms with Gasteiger partial charge in [0.1, 0.15) is 0 Å². The van der Waals surface area contributed by atoms with Gasteiger partial charge in [-0.15, -0.1) is 0 Å². The van der Waals surface area contributed by atoms with Gasteiger partial charge in [0.25, 0.3) is 0 Å². The van der Waals surface area contributed by atoms with Gasteiger partial charge in [-0.25, -0.2) is 23.5 Å². The van der Waals surface area contributed by atoms with Gasteiger partial charge in [-0.05, 0) is 110 Å². The lowest BCUT2D eigenvalue weighted by molar-refractivity contribution is 0.0840. The number of rotatable bonds is 6. The molecule has 0 bridgehead atoms. The molecular weight excluding hydrogens is 522 g/mol. The predicted octanol–water partition coefficient (Wildman–Crippen LogP) is 6.99. The van der Waals surface area contributed by atoms with E-state index in [0.717, 1.165) is 37.7 Å². The molecule has 4 aliphatic rings. The second kappa shape index (κ2) is 11.0. The molecule has 42 heavy (non-hydrogen) atoms. The van der Waals surface area contributed by atoms with E-state index in [4.69, 9.17) is 0 Å². The normalized spacial score (nSPS) is 32.5. The fraction of sp³-hybridized carbons (Fsp3) is 0.611. The molecule has 2 heterocycles. The standard InChI is InChI=1S/C36H49N3O3/c1-22(2)23(3)12-13-25(5)30-16-17-31-29-21-33(28-20-27(40)15-14-24(28)4)39-35(42)37(26-10-8-7-9-11-26)34(41)38(39)32(29)18-19-36(30,31)6/h7-13,21-23,25,27,30-33,40H,14-20H2,1-6H3/b13-12+. The molecule has 2 saturated carbocycles. The molecule has 0 radical (unpaired) electrons. The van der Waals surface area contributed by atoms with Gasteiger partial charge < -0.3 is 5.11 Å². The molecule has 2 aromatic rings. The van der Waals surface area contributed by atoms with Crippen LogP contribution in [-0.4, -0.2) is 25.1 Å². The number of aliphatic hydroxyl groups excluding tert-OH is 1. The summed E-state index contributed by atoms with van der Waals surface area (Å²) in [6.07, 6.45) is 13.1. The van der Waals surface area contributed by atoms with Crippen molar-refractivity contribution in [1.82, 2.24) is 13.9 Å². The molecule has 6 nitrogen and oxygen atoms in total. The zero-order valence-corrected chi connectivity index (χ0v) is 26.3. The second-order valence-corrected chi connectivity index (χ2v) is 14.4. The van der Waals surface area contributed by atoms with Crippen molar-refractivity contribution >= 4 is 0 Å². The maximum Gasteiger partial charge on any atom is 0.352 e. The van der Waals surface area contributed by atoms with Crippen molar-refractivity contribution in [3.05, 3.63) is 86.2 Å². The van der Waals surface area contributed by atoms with E-state index in [1.807, 2.05) is 30.3 Å². The molecule has 1 aliphatic heterocycles. The maximum atomic E-state index is 14.2. The van der Waals surface area contributed by atoms with E-state index in [-0.39, 0.29) is 28.9 Å². The zero-order valence-electron chi connectivity index (χ0n) is 26.3.